The molecular formula is C10H8N4O4S. The Bertz CT molecular complexity index is 655. The number of rotatable bonds is 4. The predicted octanol–water partition coefficient (Wildman–Crippen LogP) is 2.20. The Morgan fingerprint density at radius 2 is 2.26 bits per heavy atom. The standard InChI is InChI=1S/C10H8N4O4S/c1-5-11-10(19-13-5)12-8-4-6(14(17)18)2-3-7(8)9(15)16/h2-4H,1H3,(H,15,16)(H,11,12,13). The number of aryl methyl sites for hydroxylation is 1. The highest BCUT2D eigenvalue weighted by Gasteiger charge is 2.16. The van der Waals surface area contributed by atoms with E-state index in [4.69, 9.17) is 5.11 Å². The molecule has 0 spiro atoms. The molecule has 9 heteroatoms. The first kappa shape index (κ1) is 12.9. The van der Waals surface area contributed by atoms with Crippen LogP contribution in [0, 0.1) is 17.0 Å². The molecule has 0 unspecified atom stereocenters. The van der Waals surface area contributed by atoms with Crippen molar-refractivity contribution in [2.75, 3.05) is 5.32 Å². The molecule has 0 fully saturated rings. The van der Waals surface area contributed by atoms with Gasteiger partial charge in [-0.25, -0.2) is 9.78 Å². The van der Waals surface area contributed by atoms with Gasteiger partial charge in [-0.2, -0.15) is 4.37 Å². The number of nitrogens with zero attached hydrogens (tertiary/aromatic N) is 3. The molecule has 8 nitrogen and oxygen atoms in total. The van der Waals surface area contributed by atoms with E-state index in [2.05, 4.69) is 14.7 Å². The number of aromatic carboxylic acids is 1. The van der Waals surface area contributed by atoms with Crippen molar-refractivity contribution < 1.29 is 14.8 Å². The van der Waals surface area contributed by atoms with Crippen LogP contribution in [0.15, 0.2) is 18.2 Å². The van der Waals surface area contributed by atoms with E-state index in [-0.39, 0.29) is 16.9 Å². The quantitative estimate of drug-likeness (QED) is 0.650. The van der Waals surface area contributed by atoms with Crippen LogP contribution in [0.2, 0.25) is 0 Å². The van der Waals surface area contributed by atoms with Crippen molar-refractivity contribution in [2.24, 2.45) is 0 Å². The molecule has 0 saturated heterocycles. The molecule has 0 amide bonds. The van der Waals surface area contributed by atoms with E-state index in [0.29, 0.717) is 11.0 Å². The van der Waals surface area contributed by atoms with E-state index in [1.165, 1.54) is 6.07 Å². The van der Waals surface area contributed by atoms with Crippen LogP contribution in [0.1, 0.15) is 16.2 Å². The Hall–Kier alpha value is -2.55. The normalized spacial score (nSPS) is 10.2. The topological polar surface area (TPSA) is 118 Å². The molecule has 2 N–H and O–H groups in total. The summed E-state index contributed by atoms with van der Waals surface area (Å²) in [6, 6.07) is 3.47. The van der Waals surface area contributed by atoms with Gasteiger partial charge in [0.2, 0.25) is 5.13 Å². The monoisotopic (exact) mass is 280 g/mol. The summed E-state index contributed by atoms with van der Waals surface area (Å²) in [6.45, 7) is 1.69. The maximum Gasteiger partial charge on any atom is 0.337 e. The third-order valence-corrected chi connectivity index (χ3v) is 2.94. The molecule has 19 heavy (non-hydrogen) atoms. The van der Waals surface area contributed by atoms with Crippen molar-refractivity contribution in [2.45, 2.75) is 6.92 Å². The van der Waals surface area contributed by atoms with Crippen molar-refractivity contribution in [1.82, 2.24) is 9.36 Å². The summed E-state index contributed by atoms with van der Waals surface area (Å²) in [5.74, 6) is -0.645. The van der Waals surface area contributed by atoms with Gasteiger partial charge in [-0.05, 0) is 13.0 Å². The molecule has 1 aromatic carbocycles. The number of hydrogen-bond donors (Lipinski definition) is 2. The second kappa shape index (κ2) is 4.98. The fourth-order valence-electron chi connectivity index (χ4n) is 1.40. The average molecular weight is 280 g/mol. The summed E-state index contributed by atoms with van der Waals surface area (Å²) in [7, 11) is 0. The van der Waals surface area contributed by atoms with Gasteiger partial charge < -0.3 is 10.4 Å². The van der Waals surface area contributed by atoms with Gasteiger partial charge in [-0.15, -0.1) is 0 Å². The van der Waals surface area contributed by atoms with Gasteiger partial charge in [0.25, 0.3) is 5.69 Å². The van der Waals surface area contributed by atoms with E-state index >= 15 is 0 Å². The fourth-order valence-corrected chi connectivity index (χ4v) is 1.99. The Balaban J connectivity index is 2.42. The number of carbonyl (C=O) groups is 1. The molecule has 0 aliphatic heterocycles. The van der Waals surface area contributed by atoms with Gasteiger partial charge in [0.15, 0.2) is 0 Å². The van der Waals surface area contributed by atoms with Gasteiger partial charge in [0.05, 0.1) is 16.2 Å². The van der Waals surface area contributed by atoms with E-state index in [9.17, 15) is 14.9 Å². The third kappa shape index (κ3) is 2.83. The summed E-state index contributed by atoms with van der Waals surface area (Å²) in [5.41, 5.74) is -0.162. The largest absolute Gasteiger partial charge is 0.478 e. The number of non-ortho nitro benzene ring substituents is 1. The number of hydrogen-bond acceptors (Lipinski definition) is 7. The van der Waals surface area contributed by atoms with Gasteiger partial charge in [0.1, 0.15) is 5.82 Å². The SMILES string of the molecule is Cc1nsc(Nc2cc([N+](=O)[O-])ccc2C(=O)O)n1. The molecule has 2 rings (SSSR count). The van der Waals surface area contributed by atoms with Crippen molar-refractivity contribution in [3.8, 4) is 0 Å². The number of nitro groups is 1. The van der Waals surface area contributed by atoms with Crippen LogP contribution in [-0.2, 0) is 0 Å². The van der Waals surface area contributed by atoms with Gasteiger partial charge in [0, 0.05) is 23.7 Å². The number of carboxylic acid groups (broad SMARTS) is 1. The van der Waals surface area contributed by atoms with Crippen LogP contribution >= 0.6 is 11.5 Å². The zero-order chi connectivity index (χ0) is 14.0. The molecule has 2 aromatic rings. The number of aromatic nitrogens is 2. The van der Waals surface area contributed by atoms with Crippen LogP contribution in [0.4, 0.5) is 16.5 Å². The van der Waals surface area contributed by atoms with Crippen LogP contribution in [0.25, 0.3) is 0 Å². The number of benzene rings is 1. The molecule has 0 aliphatic carbocycles. The Kier molecular flexibility index (Phi) is 3.38. The Labute approximate surface area is 111 Å². The lowest BCUT2D eigenvalue weighted by Gasteiger charge is -2.06. The molecule has 0 saturated carbocycles. The smallest absolute Gasteiger partial charge is 0.337 e. The lowest BCUT2D eigenvalue weighted by molar-refractivity contribution is -0.384. The van der Waals surface area contributed by atoms with Gasteiger partial charge >= 0.3 is 5.97 Å². The minimum absolute atomic E-state index is 0.0709. The second-order valence-electron chi connectivity index (χ2n) is 3.56. The zero-order valence-electron chi connectivity index (χ0n) is 9.65. The number of anilines is 2. The Morgan fingerprint density at radius 1 is 1.53 bits per heavy atom. The highest BCUT2D eigenvalue weighted by atomic mass is 32.1. The first-order valence-electron chi connectivity index (χ1n) is 5.06. The lowest BCUT2D eigenvalue weighted by Crippen LogP contribution is -2.03. The third-order valence-electron chi connectivity index (χ3n) is 2.21. The van der Waals surface area contributed by atoms with Crippen molar-refractivity contribution >= 4 is 34.0 Å². The van der Waals surface area contributed by atoms with Crippen LogP contribution in [0.5, 0.6) is 0 Å². The maximum absolute atomic E-state index is 11.1. The first-order chi connectivity index (χ1) is 8.97. The highest BCUT2D eigenvalue weighted by molar-refractivity contribution is 7.09. The summed E-state index contributed by atoms with van der Waals surface area (Å²) >= 11 is 1.04. The van der Waals surface area contributed by atoms with E-state index in [0.717, 1.165) is 23.7 Å². The average Bonchev–Trinajstić information content (AvgIpc) is 2.74. The number of nitro benzene ring substituents is 1. The second-order valence-corrected chi connectivity index (χ2v) is 4.32. The molecule has 0 bridgehead atoms. The van der Waals surface area contributed by atoms with E-state index in [1.807, 2.05) is 0 Å². The maximum atomic E-state index is 11.1. The summed E-state index contributed by atoms with van der Waals surface area (Å²) < 4.78 is 3.93. The van der Waals surface area contributed by atoms with Gasteiger partial charge in [-0.3, -0.25) is 10.1 Å². The predicted molar refractivity (Wildman–Crippen MR) is 68.0 cm³/mol. The fraction of sp³-hybridized carbons (Fsp3) is 0.100. The van der Waals surface area contributed by atoms with Crippen molar-refractivity contribution in [1.29, 1.82) is 0 Å². The van der Waals surface area contributed by atoms with Gasteiger partial charge in [-0.1, -0.05) is 0 Å². The Morgan fingerprint density at radius 3 is 2.79 bits per heavy atom. The summed E-state index contributed by atoms with van der Waals surface area (Å²) in [5, 5.41) is 22.8. The molecular weight excluding hydrogens is 272 g/mol. The first-order valence-corrected chi connectivity index (χ1v) is 5.84. The van der Waals surface area contributed by atoms with Crippen LogP contribution in [-0.4, -0.2) is 25.4 Å². The molecule has 1 heterocycles. The minimum Gasteiger partial charge on any atom is -0.478 e. The number of carboxylic acids is 1. The molecule has 0 radical (unpaired) electrons. The zero-order valence-corrected chi connectivity index (χ0v) is 10.5. The molecule has 98 valence electrons. The summed E-state index contributed by atoms with van der Waals surface area (Å²) in [6.07, 6.45) is 0. The lowest BCUT2D eigenvalue weighted by atomic mass is 10.1. The minimum atomic E-state index is -1.18. The number of nitrogens with one attached hydrogen (secondary N) is 1. The van der Waals surface area contributed by atoms with Crippen LogP contribution in [0.3, 0.4) is 0 Å². The molecule has 1 aromatic heterocycles. The summed E-state index contributed by atoms with van der Waals surface area (Å²) in [4.78, 5) is 25.2. The molecule has 0 aliphatic rings. The van der Waals surface area contributed by atoms with E-state index in [1.54, 1.807) is 6.92 Å². The highest BCUT2D eigenvalue weighted by Crippen LogP contribution is 2.26. The van der Waals surface area contributed by atoms with E-state index < -0.39 is 10.9 Å². The van der Waals surface area contributed by atoms with Crippen molar-refractivity contribution in [3.63, 3.8) is 0 Å². The molecule has 0 atom stereocenters. The van der Waals surface area contributed by atoms with Crippen LogP contribution < -0.4 is 5.32 Å². The van der Waals surface area contributed by atoms with Crippen molar-refractivity contribution in [3.05, 3.63) is 39.7 Å².